The maximum absolute atomic E-state index is 12.9. The van der Waals surface area contributed by atoms with Crippen molar-refractivity contribution in [1.82, 2.24) is 9.62 Å². The molecular weight excluding hydrogens is 269 g/mol. The zero-order valence-electron chi connectivity index (χ0n) is 11.4. The molecule has 0 bridgehead atoms. The SMILES string of the molecule is CC(C)N(C)CCNS(=O)(=O)c1ccc(F)cc1N. The maximum atomic E-state index is 12.9. The molecule has 0 saturated carbocycles. The van der Waals surface area contributed by atoms with E-state index in [4.69, 9.17) is 5.73 Å². The third-order valence-electron chi connectivity index (χ3n) is 2.90. The molecule has 0 aliphatic heterocycles. The van der Waals surface area contributed by atoms with Crippen molar-refractivity contribution in [3.05, 3.63) is 24.0 Å². The summed E-state index contributed by atoms with van der Waals surface area (Å²) in [6.45, 7) is 4.89. The van der Waals surface area contributed by atoms with Crippen LogP contribution in [0.15, 0.2) is 23.1 Å². The van der Waals surface area contributed by atoms with E-state index in [0.717, 1.165) is 12.1 Å². The van der Waals surface area contributed by atoms with Gasteiger partial charge in [-0.2, -0.15) is 0 Å². The van der Waals surface area contributed by atoms with Crippen molar-refractivity contribution in [3.8, 4) is 0 Å². The molecule has 7 heteroatoms. The first-order valence-corrected chi connectivity index (χ1v) is 7.47. The number of nitrogens with two attached hydrogens (primary N) is 1. The molecule has 0 spiro atoms. The summed E-state index contributed by atoms with van der Waals surface area (Å²) in [4.78, 5) is 1.91. The number of benzene rings is 1. The smallest absolute Gasteiger partial charge is 0.242 e. The normalized spacial score (nSPS) is 12.3. The summed E-state index contributed by atoms with van der Waals surface area (Å²) >= 11 is 0. The van der Waals surface area contributed by atoms with Crippen molar-refractivity contribution in [1.29, 1.82) is 0 Å². The van der Waals surface area contributed by atoms with Crippen molar-refractivity contribution in [2.24, 2.45) is 0 Å². The monoisotopic (exact) mass is 289 g/mol. The second kappa shape index (κ2) is 6.31. The van der Waals surface area contributed by atoms with Crippen LogP contribution in [0, 0.1) is 5.82 Å². The Bertz CT molecular complexity index is 532. The first-order valence-electron chi connectivity index (χ1n) is 5.99. The number of halogens is 1. The van der Waals surface area contributed by atoms with Crippen LogP contribution < -0.4 is 10.5 Å². The number of anilines is 1. The third-order valence-corrected chi connectivity index (χ3v) is 4.43. The first-order chi connectivity index (χ1) is 8.74. The van der Waals surface area contributed by atoms with E-state index < -0.39 is 15.8 Å². The van der Waals surface area contributed by atoms with Gasteiger partial charge in [0.1, 0.15) is 10.7 Å². The fourth-order valence-electron chi connectivity index (χ4n) is 1.46. The van der Waals surface area contributed by atoms with E-state index in [0.29, 0.717) is 12.6 Å². The van der Waals surface area contributed by atoms with E-state index in [1.165, 1.54) is 6.07 Å². The zero-order chi connectivity index (χ0) is 14.6. The van der Waals surface area contributed by atoms with Gasteiger partial charge in [0.2, 0.25) is 10.0 Å². The molecule has 3 N–H and O–H groups in total. The Balaban J connectivity index is 2.71. The molecule has 0 amide bonds. The third kappa shape index (κ3) is 4.45. The topological polar surface area (TPSA) is 75.4 Å². The van der Waals surface area contributed by atoms with Gasteiger partial charge in [-0.05, 0) is 39.1 Å². The van der Waals surface area contributed by atoms with Gasteiger partial charge in [-0.3, -0.25) is 0 Å². The number of rotatable bonds is 6. The van der Waals surface area contributed by atoms with Crippen molar-refractivity contribution in [2.45, 2.75) is 24.8 Å². The highest BCUT2D eigenvalue weighted by Gasteiger charge is 2.17. The van der Waals surface area contributed by atoms with Crippen LogP contribution in [0.4, 0.5) is 10.1 Å². The van der Waals surface area contributed by atoms with E-state index in [1.54, 1.807) is 0 Å². The Hall–Kier alpha value is -1.18. The Kier molecular flexibility index (Phi) is 5.28. The van der Waals surface area contributed by atoms with Gasteiger partial charge >= 0.3 is 0 Å². The standard InChI is InChI=1S/C12H20FN3O2S/c1-9(2)16(3)7-6-15-19(17,18)12-5-4-10(13)8-11(12)14/h4-5,8-9,15H,6-7,14H2,1-3H3. The molecular formula is C12H20FN3O2S. The lowest BCUT2D eigenvalue weighted by atomic mass is 10.3. The molecule has 0 atom stereocenters. The van der Waals surface area contributed by atoms with Crippen LogP contribution in [-0.4, -0.2) is 39.5 Å². The quantitative estimate of drug-likeness (QED) is 0.767. The molecule has 0 radical (unpaired) electrons. The maximum Gasteiger partial charge on any atom is 0.242 e. The molecule has 0 saturated heterocycles. The fourth-order valence-corrected chi connectivity index (χ4v) is 2.59. The molecule has 1 aromatic carbocycles. The first kappa shape index (κ1) is 15.9. The van der Waals surface area contributed by atoms with Crippen LogP contribution in [0.1, 0.15) is 13.8 Å². The van der Waals surface area contributed by atoms with E-state index in [-0.39, 0.29) is 17.1 Å². The minimum Gasteiger partial charge on any atom is -0.398 e. The number of hydrogen-bond donors (Lipinski definition) is 2. The van der Waals surface area contributed by atoms with Crippen LogP contribution in [0.2, 0.25) is 0 Å². The molecule has 0 fully saturated rings. The van der Waals surface area contributed by atoms with Crippen LogP contribution in [0.5, 0.6) is 0 Å². The second-order valence-corrected chi connectivity index (χ2v) is 6.39. The number of sulfonamides is 1. The lowest BCUT2D eigenvalue weighted by Gasteiger charge is -2.21. The summed E-state index contributed by atoms with van der Waals surface area (Å²) in [5.41, 5.74) is 5.42. The molecule has 0 unspecified atom stereocenters. The van der Waals surface area contributed by atoms with E-state index >= 15 is 0 Å². The molecule has 0 aliphatic rings. The van der Waals surface area contributed by atoms with Crippen LogP contribution in [0.25, 0.3) is 0 Å². The molecule has 108 valence electrons. The number of likely N-dealkylation sites (N-methyl/N-ethyl adjacent to an activating group) is 1. The van der Waals surface area contributed by atoms with Gasteiger partial charge < -0.3 is 10.6 Å². The average Bonchev–Trinajstić information content (AvgIpc) is 2.27. The van der Waals surface area contributed by atoms with Crippen LogP contribution in [0.3, 0.4) is 0 Å². The summed E-state index contributed by atoms with van der Waals surface area (Å²) in [5, 5.41) is 0. The predicted octanol–water partition coefficient (Wildman–Crippen LogP) is 1.03. The Labute approximate surface area is 113 Å². The lowest BCUT2D eigenvalue weighted by Crippen LogP contribution is -2.36. The Morgan fingerprint density at radius 1 is 1.42 bits per heavy atom. The number of hydrogen-bond acceptors (Lipinski definition) is 4. The van der Waals surface area contributed by atoms with Crippen molar-refractivity contribution in [2.75, 3.05) is 25.9 Å². The largest absolute Gasteiger partial charge is 0.398 e. The summed E-state index contributed by atoms with van der Waals surface area (Å²) < 4.78 is 39.3. The highest BCUT2D eigenvalue weighted by molar-refractivity contribution is 7.89. The van der Waals surface area contributed by atoms with E-state index in [1.807, 2.05) is 25.8 Å². The van der Waals surface area contributed by atoms with Crippen LogP contribution >= 0.6 is 0 Å². The molecule has 1 rings (SSSR count). The lowest BCUT2D eigenvalue weighted by molar-refractivity contribution is 0.278. The van der Waals surface area contributed by atoms with Gasteiger partial charge in [-0.25, -0.2) is 17.5 Å². The highest BCUT2D eigenvalue weighted by Crippen LogP contribution is 2.18. The van der Waals surface area contributed by atoms with Crippen molar-refractivity contribution >= 4 is 15.7 Å². The van der Waals surface area contributed by atoms with E-state index in [2.05, 4.69) is 4.72 Å². The average molecular weight is 289 g/mol. The van der Waals surface area contributed by atoms with E-state index in [9.17, 15) is 12.8 Å². The fraction of sp³-hybridized carbons (Fsp3) is 0.500. The number of nitrogens with one attached hydrogen (secondary N) is 1. The number of nitrogen functional groups attached to an aromatic ring is 1. The van der Waals surface area contributed by atoms with Crippen molar-refractivity contribution < 1.29 is 12.8 Å². The molecule has 1 aromatic rings. The molecule has 0 heterocycles. The summed E-state index contributed by atoms with van der Waals surface area (Å²) in [5.74, 6) is -0.559. The number of nitrogens with zero attached hydrogens (tertiary/aromatic N) is 1. The molecule has 0 aliphatic carbocycles. The Morgan fingerprint density at radius 2 is 2.05 bits per heavy atom. The summed E-state index contributed by atoms with van der Waals surface area (Å²) in [7, 11) is -1.79. The summed E-state index contributed by atoms with van der Waals surface area (Å²) in [6, 6.07) is 3.57. The van der Waals surface area contributed by atoms with Gasteiger partial charge in [0, 0.05) is 19.1 Å². The minimum atomic E-state index is -3.70. The van der Waals surface area contributed by atoms with Gasteiger partial charge in [-0.1, -0.05) is 0 Å². The van der Waals surface area contributed by atoms with Crippen molar-refractivity contribution in [3.63, 3.8) is 0 Å². The highest BCUT2D eigenvalue weighted by atomic mass is 32.2. The molecule has 5 nitrogen and oxygen atoms in total. The summed E-state index contributed by atoms with van der Waals surface area (Å²) in [6.07, 6.45) is 0. The minimum absolute atomic E-state index is 0.0929. The zero-order valence-corrected chi connectivity index (χ0v) is 12.2. The molecule has 19 heavy (non-hydrogen) atoms. The van der Waals surface area contributed by atoms with Gasteiger partial charge in [0.05, 0.1) is 5.69 Å². The molecule has 0 aromatic heterocycles. The predicted molar refractivity (Wildman–Crippen MR) is 73.8 cm³/mol. The van der Waals surface area contributed by atoms with Gasteiger partial charge in [-0.15, -0.1) is 0 Å². The van der Waals surface area contributed by atoms with Gasteiger partial charge in [0.15, 0.2) is 0 Å². The Morgan fingerprint density at radius 3 is 2.58 bits per heavy atom. The van der Waals surface area contributed by atoms with Crippen LogP contribution in [-0.2, 0) is 10.0 Å². The van der Waals surface area contributed by atoms with Gasteiger partial charge in [0.25, 0.3) is 0 Å². The second-order valence-electron chi connectivity index (χ2n) is 4.65.